The zero-order chi connectivity index (χ0) is 24.2. The molecule has 5 rings (SSSR count). The van der Waals surface area contributed by atoms with Crippen molar-refractivity contribution < 1.29 is 4.74 Å². The summed E-state index contributed by atoms with van der Waals surface area (Å²) in [5.74, 6) is 1.77. The number of ether oxygens (including phenoxy) is 1. The number of anilines is 4. The van der Waals surface area contributed by atoms with Crippen LogP contribution in [0.25, 0.3) is 10.2 Å². The van der Waals surface area contributed by atoms with Crippen molar-refractivity contribution >= 4 is 56.6 Å². The van der Waals surface area contributed by atoms with E-state index in [4.69, 9.17) is 9.72 Å². The molecular weight excluding hydrogens is 476 g/mol. The topological polar surface area (TPSA) is 84.9 Å². The van der Waals surface area contributed by atoms with Crippen LogP contribution in [0.2, 0.25) is 0 Å². The summed E-state index contributed by atoms with van der Waals surface area (Å²) in [4.78, 5) is 18.7. The first-order valence-electron chi connectivity index (χ1n) is 11.2. The summed E-state index contributed by atoms with van der Waals surface area (Å²) in [6, 6.07) is 22.0. The minimum atomic E-state index is 0.465. The molecule has 0 unspecified atom stereocenters. The van der Waals surface area contributed by atoms with Crippen molar-refractivity contribution in [1.29, 1.82) is 0 Å². The van der Waals surface area contributed by atoms with Gasteiger partial charge < -0.3 is 15.4 Å². The molecule has 7 nitrogen and oxygen atoms in total. The third kappa shape index (κ3) is 5.52. The number of hydrogen-bond donors (Lipinski definition) is 2. The number of fused-ring (bicyclic) bond motifs is 1. The van der Waals surface area contributed by atoms with E-state index in [1.165, 1.54) is 11.8 Å². The van der Waals surface area contributed by atoms with Crippen molar-refractivity contribution in [1.82, 2.24) is 19.9 Å². The van der Waals surface area contributed by atoms with Crippen LogP contribution in [0.15, 0.2) is 76.2 Å². The summed E-state index contributed by atoms with van der Waals surface area (Å²) in [5.41, 5.74) is 5.02. The third-order valence-corrected chi connectivity index (χ3v) is 7.17. The van der Waals surface area contributed by atoms with Crippen LogP contribution in [0.1, 0.15) is 18.1 Å². The highest BCUT2D eigenvalue weighted by molar-refractivity contribution is 8.01. The van der Waals surface area contributed by atoms with E-state index < -0.39 is 0 Å². The molecule has 0 fully saturated rings. The van der Waals surface area contributed by atoms with Crippen molar-refractivity contribution in [3.8, 4) is 5.75 Å². The van der Waals surface area contributed by atoms with Crippen molar-refractivity contribution in [3.05, 3.63) is 77.9 Å². The third-order valence-electron chi connectivity index (χ3n) is 5.23. The molecule has 0 saturated carbocycles. The van der Waals surface area contributed by atoms with Crippen LogP contribution >= 0.6 is 23.1 Å². The largest absolute Gasteiger partial charge is 0.494 e. The van der Waals surface area contributed by atoms with Crippen LogP contribution < -0.4 is 15.4 Å². The summed E-state index contributed by atoms with van der Waals surface area (Å²) in [7, 11) is 0. The fourth-order valence-electron chi connectivity index (χ4n) is 3.44. The Kier molecular flexibility index (Phi) is 6.78. The smallest absolute Gasteiger partial charge is 0.233 e. The Bertz CT molecular complexity index is 1420. The minimum Gasteiger partial charge on any atom is -0.494 e. The first-order chi connectivity index (χ1) is 17.1. The molecule has 0 aliphatic rings. The van der Waals surface area contributed by atoms with Crippen molar-refractivity contribution in [2.45, 2.75) is 30.3 Å². The Labute approximate surface area is 212 Å². The van der Waals surface area contributed by atoms with Gasteiger partial charge in [0.25, 0.3) is 0 Å². The number of benzene rings is 3. The molecule has 2 heterocycles. The predicted octanol–water partition coefficient (Wildman–Crippen LogP) is 7.14. The maximum atomic E-state index is 5.63. The molecule has 176 valence electrons. The summed E-state index contributed by atoms with van der Waals surface area (Å²) in [6.07, 6.45) is 0. The van der Waals surface area contributed by atoms with Gasteiger partial charge in [0.1, 0.15) is 5.75 Å². The molecule has 3 aromatic carbocycles. The van der Waals surface area contributed by atoms with Gasteiger partial charge in [0.05, 0.1) is 16.8 Å². The normalized spacial score (nSPS) is 10.9. The van der Waals surface area contributed by atoms with Gasteiger partial charge in [0.15, 0.2) is 4.34 Å². The summed E-state index contributed by atoms with van der Waals surface area (Å²) in [6.45, 7) is 6.70. The summed E-state index contributed by atoms with van der Waals surface area (Å²) in [5, 5.41) is 7.23. The SMILES string of the molecule is CCOc1ccc2nc(Sc3nc(Nc4ccccc4C)nc(Nc4ccccc4C)n3)sc2c1. The van der Waals surface area contributed by atoms with Crippen LogP contribution in [0, 0.1) is 13.8 Å². The van der Waals surface area contributed by atoms with Crippen molar-refractivity contribution in [2.75, 3.05) is 17.2 Å². The molecular formula is C26H24N6OS2. The molecule has 9 heteroatoms. The molecule has 2 N–H and O–H groups in total. The van der Waals surface area contributed by atoms with Gasteiger partial charge in [-0.1, -0.05) is 36.4 Å². The number of para-hydroxylation sites is 2. The zero-order valence-electron chi connectivity index (χ0n) is 19.6. The predicted molar refractivity (Wildman–Crippen MR) is 144 cm³/mol. The highest BCUT2D eigenvalue weighted by Crippen LogP contribution is 2.35. The van der Waals surface area contributed by atoms with E-state index in [1.54, 1.807) is 11.3 Å². The van der Waals surface area contributed by atoms with Gasteiger partial charge in [-0.2, -0.15) is 15.0 Å². The monoisotopic (exact) mass is 500 g/mol. The van der Waals surface area contributed by atoms with E-state index in [0.29, 0.717) is 23.7 Å². The van der Waals surface area contributed by atoms with E-state index in [1.807, 2.05) is 87.5 Å². The van der Waals surface area contributed by atoms with E-state index >= 15 is 0 Å². The van der Waals surface area contributed by atoms with E-state index in [2.05, 4.69) is 25.6 Å². The van der Waals surface area contributed by atoms with Crippen LogP contribution in [-0.4, -0.2) is 26.5 Å². The Morgan fingerprint density at radius 2 is 1.43 bits per heavy atom. The maximum absolute atomic E-state index is 5.63. The fourth-order valence-corrected chi connectivity index (χ4v) is 5.39. The number of nitrogens with one attached hydrogen (secondary N) is 2. The molecule has 0 saturated heterocycles. The second kappa shape index (κ2) is 10.3. The molecule has 0 bridgehead atoms. The highest BCUT2D eigenvalue weighted by Gasteiger charge is 2.14. The first kappa shape index (κ1) is 23.1. The molecule has 5 aromatic rings. The van der Waals surface area contributed by atoms with Gasteiger partial charge in [-0.3, -0.25) is 0 Å². The Morgan fingerprint density at radius 1 is 0.800 bits per heavy atom. The lowest BCUT2D eigenvalue weighted by atomic mass is 10.2. The van der Waals surface area contributed by atoms with Gasteiger partial charge in [0.2, 0.25) is 17.1 Å². The lowest BCUT2D eigenvalue weighted by Crippen LogP contribution is -2.06. The molecule has 0 amide bonds. The fraction of sp³-hybridized carbons (Fsp3) is 0.154. The van der Waals surface area contributed by atoms with Gasteiger partial charge in [-0.15, -0.1) is 11.3 Å². The van der Waals surface area contributed by atoms with Crippen molar-refractivity contribution in [2.24, 2.45) is 0 Å². The number of hydrogen-bond acceptors (Lipinski definition) is 9. The van der Waals surface area contributed by atoms with E-state index in [9.17, 15) is 0 Å². The molecule has 2 aromatic heterocycles. The standard InChI is InChI=1S/C26H24N6OS2/c1-4-33-18-13-14-21-22(15-18)34-26(29-21)35-25-31-23(27-19-11-7-5-9-16(19)2)30-24(32-25)28-20-12-8-6-10-17(20)3/h5-15H,4H2,1-3H3,(H2,27,28,30,31,32). The van der Waals surface area contributed by atoms with Gasteiger partial charge in [0, 0.05) is 11.4 Å². The molecule has 0 spiro atoms. The molecule has 0 atom stereocenters. The Hall–Kier alpha value is -3.69. The number of rotatable bonds is 8. The van der Waals surface area contributed by atoms with Crippen LogP contribution in [0.4, 0.5) is 23.3 Å². The van der Waals surface area contributed by atoms with Crippen molar-refractivity contribution in [3.63, 3.8) is 0 Å². The van der Waals surface area contributed by atoms with Crippen LogP contribution in [0.5, 0.6) is 5.75 Å². The average Bonchev–Trinajstić information content (AvgIpc) is 3.24. The summed E-state index contributed by atoms with van der Waals surface area (Å²) < 4.78 is 7.54. The van der Waals surface area contributed by atoms with E-state index in [0.717, 1.165) is 42.8 Å². The number of nitrogens with zero attached hydrogens (tertiary/aromatic N) is 4. The molecule has 0 aliphatic heterocycles. The lowest BCUT2D eigenvalue weighted by molar-refractivity contribution is 0.341. The average molecular weight is 501 g/mol. The second-order valence-electron chi connectivity index (χ2n) is 7.79. The Balaban J connectivity index is 1.48. The maximum Gasteiger partial charge on any atom is 0.233 e. The lowest BCUT2D eigenvalue weighted by Gasteiger charge is -2.12. The molecule has 0 radical (unpaired) electrons. The highest BCUT2D eigenvalue weighted by atomic mass is 32.2. The van der Waals surface area contributed by atoms with Crippen LogP contribution in [0.3, 0.4) is 0 Å². The first-order valence-corrected chi connectivity index (χ1v) is 12.8. The van der Waals surface area contributed by atoms with E-state index in [-0.39, 0.29) is 0 Å². The number of aromatic nitrogens is 4. The minimum absolute atomic E-state index is 0.465. The number of aryl methyl sites for hydroxylation is 2. The van der Waals surface area contributed by atoms with Crippen LogP contribution in [-0.2, 0) is 0 Å². The molecule has 35 heavy (non-hydrogen) atoms. The van der Waals surface area contributed by atoms with Gasteiger partial charge >= 0.3 is 0 Å². The quantitative estimate of drug-likeness (QED) is 0.233. The number of thiazole rings is 1. The Morgan fingerprint density at radius 3 is 2.03 bits per heavy atom. The molecule has 0 aliphatic carbocycles. The van der Waals surface area contributed by atoms with Gasteiger partial charge in [-0.25, -0.2) is 4.98 Å². The zero-order valence-corrected chi connectivity index (χ0v) is 21.2. The summed E-state index contributed by atoms with van der Waals surface area (Å²) >= 11 is 3.00. The van der Waals surface area contributed by atoms with Gasteiger partial charge in [-0.05, 0) is 74.0 Å². The second-order valence-corrected chi connectivity index (χ2v) is 10.0.